The van der Waals surface area contributed by atoms with Crippen molar-refractivity contribution in [2.24, 2.45) is 0 Å². The van der Waals surface area contributed by atoms with E-state index in [0.717, 1.165) is 23.7 Å². The Bertz CT molecular complexity index is 621. The molecule has 0 fully saturated rings. The maximum Gasteiger partial charge on any atom is 0.417 e. The lowest BCUT2D eigenvalue weighted by molar-refractivity contribution is -0.137. The van der Waals surface area contributed by atoms with Crippen LogP contribution < -0.4 is 5.32 Å². The maximum absolute atomic E-state index is 13.1. The summed E-state index contributed by atoms with van der Waals surface area (Å²) in [5, 5.41) is 3.17. The lowest BCUT2D eigenvalue weighted by Gasteiger charge is -2.15. The molecule has 0 atom stereocenters. The zero-order valence-electron chi connectivity index (χ0n) is 12.0. The zero-order chi connectivity index (χ0) is 15.5. The van der Waals surface area contributed by atoms with E-state index in [1.54, 1.807) is 13.0 Å². The molecular weight excluding hydrogens is 277 g/mol. The van der Waals surface area contributed by atoms with E-state index in [-0.39, 0.29) is 5.56 Å². The van der Waals surface area contributed by atoms with Crippen LogP contribution in [0.4, 0.5) is 13.2 Å². The van der Waals surface area contributed by atoms with Gasteiger partial charge in [0.2, 0.25) is 0 Å². The van der Waals surface area contributed by atoms with Crippen LogP contribution in [0.1, 0.15) is 23.6 Å². The van der Waals surface area contributed by atoms with Gasteiger partial charge in [-0.15, -0.1) is 0 Å². The van der Waals surface area contributed by atoms with E-state index in [1.807, 2.05) is 19.1 Å². The van der Waals surface area contributed by atoms with Gasteiger partial charge in [-0.1, -0.05) is 19.1 Å². The van der Waals surface area contributed by atoms with Gasteiger partial charge < -0.3 is 5.32 Å². The quantitative estimate of drug-likeness (QED) is 0.914. The van der Waals surface area contributed by atoms with E-state index >= 15 is 0 Å². The summed E-state index contributed by atoms with van der Waals surface area (Å²) in [7, 11) is 0. The average molecular weight is 294 g/mol. The molecule has 0 spiro atoms. The molecule has 2 rings (SSSR count). The van der Waals surface area contributed by atoms with Crippen LogP contribution >= 0.6 is 0 Å². The standard InChI is InChI=1S/C16H17F3N2/c1-3-20-9-12-5-4-11(2)13(8-12)14-10-21-7-6-15(14)16(17,18)19/h4-8,10,20H,3,9H2,1-2H3. The van der Waals surface area contributed by atoms with Gasteiger partial charge in [-0.05, 0) is 42.3 Å². The number of benzene rings is 1. The zero-order valence-corrected chi connectivity index (χ0v) is 12.0. The Hall–Kier alpha value is -1.88. The van der Waals surface area contributed by atoms with Crippen molar-refractivity contribution < 1.29 is 13.2 Å². The van der Waals surface area contributed by atoms with Crippen LogP contribution in [0.5, 0.6) is 0 Å². The van der Waals surface area contributed by atoms with Gasteiger partial charge in [0, 0.05) is 24.5 Å². The van der Waals surface area contributed by atoms with Crippen molar-refractivity contribution in [3.63, 3.8) is 0 Å². The molecule has 0 bridgehead atoms. The Morgan fingerprint density at radius 3 is 2.57 bits per heavy atom. The molecule has 0 aliphatic rings. The van der Waals surface area contributed by atoms with E-state index in [9.17, 15) is 13.2 Å². The maximum atomic E-state index is 13.1. The number of nitrogens with one attached hydrogen (secondary N) is 1. The molecule has 5 heteroatoms. The number of pyridine rings is 1. The summed E-state index contributed by atoms with van der Waals surface area (Å²) < 4.78 is 39.4. The van der Waals surface area contributed by atoms with Crippen LogP contribution in [0.15, 0.2) is 36.7 Å². The lowest BCUT2D eigenvalue weighted by Crippen LogP contribution is -2.12. The highest BCUT2D eigenvalue weighted by molar-refractivity contribution is 5.71. The van der Waals surface area contributed by atoms with E-state index < -0.39 is 11.7 Å². The minimum Gasteiger partial charge on any atom is -0.313 e. The summed E-state index contributed by atoms with van der Waals surface area (Å²) in [4.78, 5) is 3.85. The molecule has 2 nitrogen and oxygen atoms in total. The normalized spacial score (nSPS) is 11.7. The lowest BCUT2D eigenvalue weighted by atomic mass is 9.95. The second kappa shape index (κ2) is 6.26. The molecule has 21 heavy (non-hydrogen) atoms. The van der Waals surface area contributed by atoms with Gasteiger partial charge in [0.05, 0.1) is 5.56 Å². The number of aromatic nitrogens is 1. The highest BCUT2D eigenvalue weighted by Crippen LogP contribution is 2.37. The fourth-order valence-electron chi connectivity index (χ4n) is 2.19. The highest BCUT2D eigenvalue weighted by atomic mass is 19.4. The summed E-state index contributed by atoms with van der Waals surface area (Å²) in [6, 6.07) is 6.58. The summed E-state index contributed by atoms with van der Waals surface area (Å²) in [5.74, 6) is 0. The van der Waals surface area contributed by atoms with E-state index in [0.29, 0.717) is 12.1 Å². The van der Waals surface area contributed by atoms with Crippen molar-refractivity contribution in [3.8, 4) is 11.1 Å². The smallest absolute Gasteiger partial charge is 0.313 e. The topological polar surface area (TPSA) is 24.9 Å². The molecule has 0 unspecified atom stereocenters. The molecule has 0 saturated heterocycles. The van der Waals surface area contributed by atoms with Gasteiger partial charge >= 0.3 is 6.18 Å². The molecule has 112 valence electrons. The number of hydrogen-bond acceptors (Lipinski definition) is 2. The van der Waals surface area contributed by atoms with Crippen molar-refractivity contribution in [2.75, 3.05) is 6.54 Å². The number of hydrogen-bond donors (Lipinski definition) is 1. The number of nitrogens with zero attached hydrogens (tertiary/aromatic N) is 1. The summed E-state index contributed by atoms with van der Waals surface area (Å²) in [5.41, 5.74) is 1.80. The van der Waals surface area contributed by atoms with Gasteiger partial charge in [0.15, 0.2) is 0 Å². The summed E-state index contributed by atoms with van der Waals surface area (Å²) in [6.45, 7) is 5.23. The fraction of sp³-hybridized carbons (Fsp3) is 0.312. The first kappa shape index (κ1) is 15.5. The number of halogens is 3. The summed E-state index contributed by atoms with van der Waals surface area (Å²) >= 11 is 0. The minimum absolute atomic E-state index is 0.126. The predicted molar refractivity (Wildman–Crippen MR) is 76.8 cm³/mol. The number of aryl methyl sites for hydroxylation is 1. The second-order valence-electron chi connectivity index (χ2n) is 4.85. The Morgan fingerprint density at radius 1 is 1.14 bits per heavy atom. The molecule has 1 N–H and O–H groups in total. The highest BCUT2D eigenvalue weighted by Gasteiger charge is 2.33. The third kappa shape index (κ3) is 3.61. The molecule has 2 aromatic rings. The van der Waals surface area contributed by atoms with E-state index in [2.05, 4.69) is 10.3 Å². The van der Waals surface area contributed by atoms with E-state index in [4.69, 9.17) is 0 Å². The first-order chi connectivity index (χ1) is 9.93. The third-order valence-electron chi connectivity index (χ3n) is 3.30. The number of alkyl halides is 3. The fourth-order valence-corrected chi connectivity index (χ4v) is 2.19. The molecule has 0 amide bonds. The molecule has 0 aliphatic heterocycles. The molecule has 0 aliphatic carbocycles. The minimum atomic E-state index is -4.39. The van der Waals surface area contributed by atoms with Crippen LogP contribution in [0.2, 0.25) is 0 Å². The Labute approximate surface area is 122 Å². The monoisotopic (exact) mass is 294 g/mol. The van der Waals surface area contributed by atoms with Crippen molar-refractivity contribution >= 4 is 0 Å². The van der Waals surface area contributed by atoms with Gasteiger partial charge in [-0.2, -0.15) is 13.2 Å². The van der Waals surface area contributed by atoms with Crippen molar-refractivity contribution in [1.29, 1.82) is 0 Å². The Kier molecular flexibility index (Phi) is 4.63. The Morgan fingerprint density at radius 2 is 1.90 bits per heavy atom. The van der Waals surface area contributed by atoms with Gasteiger partial charge in [0.25, 0.3) is 0 Å². The van der Waals surface area contributed by atoms with Gasteiger partial charge in [-0.25, -0.2) is 0 Å². The SMILES string of the molecule is CCNCc1ccc(C)c(-c2cnccc2C(F)(F)F)c1. The van der Waals surface area contributed by atoms with Crippen molar-refractivity contribution in [1.82, 2.24) is 10.3 Å². The van der Waals surface area contributed by atoms with Gasteiger partial charge in [-0.3, -0.25) is 4.98 Å². The molecule has 1 heterocycles. The Balaban J connectivity index is 2.51. The second-order valence-corrected chi connectivity index (χ2v) is 4.85. The molecule has 0 saturated carbocycles. The summed E-state index contributed by atoms with van der Waals surface area (Å²) in [6.07, 6.45) is -1.94. The van der Waals surface area contributed by atoms with Crippen LogP contribution in [-0.4, -0.2) is 11.5 Å². The van der Waals surface area contributed by atoms with Crippen molar-refractivity contribution in [3.05, 3.63) is 53.3 Å². The van der Waals surface area contributed by atoms with Crippen LogP contribution in [0, 0.1) is 6.92 Å². The number of rotatable bonds is 4. The van der Waals surface area contributed by atoms with E-state index in [1.165, 1.54) is 12.4 Å². The first-order valence-electron chi connectivity index (χ1n) is 6.75. The largest absolute Gasteiger partial charge is 0.417 e. The first-order valence-corrected chi connectivity index (χ1v) is 6.75. The van der Waals surface area contributed by atoms with Crippen LogP contribution in [0.25, 0.3) is 11.1 Å². The predicted octanol–water partition coefficient (Wildman–Crippen LogP) is 4.19. The van der Waals surface area contributed by atoms with Crippen LogP contribution in [-0.2, 0) is 12.7 Å². The average Bonchev–Trinajstić information content (AvgIpc) is 2.45. The third-order valence-corrected chi connectivity index (χ3v) is 3.30. The molecular formula is C16H17F3N2. The van der Waals surface area contributed by atoms with Crippen molar-refractivity contribution in [2.45, 2.75) is 26.6 Å². The van der Waals surface area contributed by atoms with Crippen LogP contribution in [0.3, 0.4) is 0 Å². The molecule has 1 aromatic heterocycles. The van der Waals surface area contributed by atoms with Gasteiger partial charge in [0.1, 0.15) is 0 Å². The molecule has 1 aromatic carbocycles. The molecule has 0 radical (unpaired) electrons.